The number of carbonyl (C=O) groups excluding carboxylic acids is 2. The molecule has 166 valence electrons. The molecule has 6 heteroatoms. The second-order valence-electron chi connectivity index (χ2n) is 9.61. The van der Waals surface area contributed by atoms with Gasteiger partial charge in [-0.3, -0.25) is 9.59 Å². The number of carbonyl (C=O) groups is 2. The lowest BCUT2D eigenvalue weighted by Gasteiger charge is -2.38. The maximum Gasteiger partial charge on any atom is 0.310 e. The van der Waals surface area contributed by atoms with Crippen LogP contribution in [0.4, 0.5) is 0 Å². The third-order valence-electron chi connectivity index (χ3n) is 4.91. The zero-order valence-corrected chi connectivity index (χ0v) is 20.9. The Labute approximate surface area is 183 Å². The Balaban J connectivity index is 5.38. The Hall–Kier alpha value is -0.360. The Morgan fingerprint density at radius 1 is 0.714 bits per heavy atom. The molecule has 0 bridgehead atoms. The summed E-state index contributed by atoms with van der Waals surface area (Å²) in [6.45, 7) is 16.1. The number of thiol groups is 2. The molecule has 0 aromatic carbocycles. The molecule has 0 saturated carbocycles. The van der Waals surface area contributed by atoms with Crippen LogP contribution < -0.4 is 0 Å². The molecule has 4 unspecified atom stereocenters. The molecule has 0 saturated heterocycles. The van der Waals surface area contributed by atoms with Crippen molar-refractivity contribution in [3.8, 4) is 0 Å². The fourth-order valence-electron chi connectivity index (χ4n) is 3.48. The maximum absolute atomic E-state index is 12.4. The number of rotatable bonds is 13. The summed E-state index contributed by atoms with van der Waals surface area (Å²) in [5.74, 6) is 0.756. The van der Waals surface area contributed by atoms with Crippen LogP contribution in [0.1, 0.15) is 81.1 Å². The molecule has 0 N–H and O–H groups in total. The van der Waals surface area contributed by atoms with Gasteiger partial charge >= 0.3 is 11.9 Å². The second-order valence-corrected chi connectivity index (χ2v) is 10.3. The van der Waals surface area contributed by atoms with Gasteiger partial charge in [-0.25, -0.2) is 0 Å². The number of ether oxygens (including phenoxy) is 2. The minimum atomic E-state index is -0.595. The predicted octanol–water partition coefficient (Wildman–Crippen LogP) is 5.59. The lowest BCUT2D eigenvalue weighted by Crippen LogP contribution is -2.41. The molecule has 0 aromatic rings. The molecule has 0 fully saturated rings. The molecular weight excluding hydrogens is 392 g/mol. The summed E-state index contributed by atoms with van der Waals surface area (Å²) in [5, 5.41) is 0. The average Bonchev–Trinajstić information content (AvgIpc) is 2.57. The van der Waals surface area contributed by atoms with E-state index in [1.165, 1.54) is 0 Å². The summed E-state index contributed by atoms with van der Waals surface area (Å²) >= 11 is 8.42. The van der Waals surface area contributed by atoms with Gasteiger partial charge in [0.1, 0.15) is 11.2 Å². The third-order valence-corrected chi connectivity index (χ3v) is 6.00. The SMILES string of the molecule is CC(C)CC(C)(CCC(C)(CC(C)C)OC(=O)C(C)CS)OC(=O)C(C)CS. The van der Waals surface area contributed by atoms with Crippen LogP contribution in [0.5, 0.6) is 0 Å². The smallest absolute Gasteiger partial charge is 0.310 e. The molecule has 0 aliphatic rings. The van der Waals surface area contributed by atoms with E-state index in [0.29, 0.717) is 36.2 Å². The summed E-state index contributed by atoms with van der Waals surface area (Å²) < 4.78 is 11.9. The van der Waals surface area contributed by atoms with Gasteiger partial charge in [-0.05, 0) is 51.4 Å². The van der Waals surface area contributed by atoms with Gasteiger partial charge in [0.25, 0.3) is 0 Å². The van der Waals surface area contributed by atoms with Crippen molar-refractivity contribution in [2.24, 2.45) is 23.7 Å². The lowest BCUT2D eigenvalue weighted by molar-refractivity contribution is -0.172. The zero-order chi connectivity index (χ0) is 22.1. The average molecular weight is 435 g/mol. The quantitative estimate of drug-likeness (QED) is 0.293. The largest absolute Gasteiger partial charge is 0.459 e. The van der Waals surface area contributed by atoms with E-state index >= 15 is 0 Å². The van der Waals surface area contributed by atoms with Crippen molar-refractivity contribution >= 4 is 37.2 Å². The van der Waals surface area contributed by atoms with Gasteiger partial charge < -0.3 is 9.47 Å². The Morgan fingerprint density at radius 2 is 1.00 bits per heavy atom. The maximum atomic E-state index is 12.4. The van der Waals surface area contributed by atoms with Crippen LogP contribution in [-0.2, 0) is 19.1 Å². The van der Waals surface area contributed by atoms with Crippen LogP contribution in [-0.4, -0.2) is 34.6 Å². The summed E-state index contributed by atoms with van der Waals surface area (Å²) in [5.41, 5.74) is -1.19. The second kappa shape index (κ2) is 12.4. The van der Waals surface area contributed by atoms with Crippen molar-refractivity contribution in [1.29, 1.82) is 0 Å². The van der Waals surface area contributed by atoms with Crippen molar-refractivity contribution in [2.75, 3.05) is 11.5 Å². The normalized spacial score (nSPS) is 18.3. The van der Waals surface area contributed by atoms with E-state index in [-0.39, 0.29) is 23.8 Å². The van der Waals surface area contributed by atoms with Crippen LogP contribution in [0.25, 0.3) is 0 Å². The Kier molecular flexibility index (Phi) is 12.2. The minimum Gasteiger partial charge on any atom is -0.459 e. The van der Waals surface area contributed by atoms with Gasteiger partial charge in [0, 0.05) is 11.5 Å². The molecule has 0 aliphatic carbocycles. The Morgan fingerprint density at radius 3 is 1.21 bits per heavy atom. The van der Waals surface area contributed by atoms with Crippen molar-refractivity contribution in [3.05, 3.63) is 0 Å². The van der Waals surface area contributed by atoms with Gasteiger partial charge in [-0.1, -0.05) is 41.5 Å². The highest BCUT2D eigenvalue weighted by Crippen LogP contribution is 2.34. The predicted molar refractivity (Wildman–Crippen MR) is 123 cm³/mol. The molecule has 4 atom stereocenters. The van der Waals surface area contributed by atoms with E-state index in [4.69, 9.17) is 9.47 Å². The number of esters is 2. The molecule has 4 nitrogen and oxygen atoms in total. The summed E-state index contributed by atoms with van der Waals surface area (Å²) in [6.07, 6.45) is 2.80. The van der Waals surface area contributed by atoms with Crippen LogP contribution >= 0.6 is 25.3 Å². The van der Waals surface area contributed by atoms with E-state index < -0.39 is 11.2 Å². The molecule has 0 rings (SSSR count). The van der Waals surface area contributed by atoms with Crippen molar-refractivity contribution < 1.29 is 19.1 Å². The molecule has 28 heavy (non-hydrogen) atoms. The van der Waals surface area contributed by atoms with Crippen LogP contribution in [0.2, 0.25) is 0 Å². The van der Waals surface area contributed by atoms with E-state index in [0.717, 1.165) is 12.8 Å². The molecular formula is C22H42O4S2. The lowest BCUT2D eigenvalue weighted by atomic mass is 9.82. The van der Waals surface area contributed by atoms with Crippen LogP contribution in [0.15, 0.2) is 0 Å². The van der Waals surface area contributed by atoms with Crippen LogP contribution in [0.3, 0.4) is 0 Å². The fourth-order valence-corrected chi connectivity index (χ4v) is 3.78. The summed E-state index contributed by atoms with van der Waals surface area (Å²) in [6, 6.07) is 0. The van der Waals surface area contributed by atoms with E-state index in [2.05, 4.69) is 53.0 Å². The van der Waals surface area contributed by atoms with Gasteiger partial charge in [-0.2, -0.15) is 25.3 Å². The van der Waals surface area contributed by atoms with E-state index in [9.17, 15) is 9.59 Å². The molecule has 0 aromatic heterocycles. The topological polar surface area (TPSA) is 52.6 Å². The molecule has 0 radical (unpaired) electrons. The highest BCUT2D eigenvalue weighted by Gasteiger charge is 2.37. The monoisotopic (exact) mass is 434 g/mol. The zero-order valence-electron chi connectivity index (χ0n) is 19.1. The number of hydrogen-bond donors (Lipinski definition) is 2. The highest BCUT2D eigenvalue weighted by atomic mass is 32.1. The first-order valence-corrected chi connectivity index (χ1v) is 11.7. The first kappa shape index (κ1) is 27.6. The molecule has 0 aliphatic heterocycles. The standard InChI is InChI=1S/C22H42O4S2/c1-15(2)11-21(7,25-19(23)17(5)13-27)9-10-22(8,12-16(3)4)26-20(24)18(6)14-28/h15-18,27-28H,9-14H2,1-8H3. The third kappa shape index (κ3) is 10.4. The van der Waals surface area contributed by atoms with Crippen molar-refractivity contribution in [2.45, 2.75) is 92.3 Å². The van der Waals surface area contributed by atoms with Gasteiger partial charge in [0.15, 0.2) is 0 Å². The highest BCUT2D eigenvalue weighted by molar-refractivity contribution is 7.80. The summed E-state index contributed by atoms with van der Waals surface area (Å²) in [4.78, 5) is 24.8. The van der Waals surface area contributed by atoms with E-state index in [1.807, 2.05) is 27.7 Å². The van der Waals surface area contributed by atoms with Gasteiger partial charge in [0.2, 0.25) is 0 Å². The summed E-state index contributed by atoms with van der Waals surface area (Å²) in [7, 11) is 0. The van der Waals surface area contributed by atoms with Gasteiger partial charge in [-0.15, -0.1) is 0 Å². The molecule has 0 heterocycles. The van der Waals surface area contributed by atoms with Crippen molar-refractivity contribution in [1.82, 2.24) is 0 Å². The van der Waals surface area contributed by atoms with Gasteiger partial charge in [0.05, 0.1) is 11.8 Å². The molecule has 0 spiro atoms. The first-order valence-electron chi connectivity index (χ1n) is 10.4. The van der Waals surface area contributed by atoms with Crippen LogP contribution in [0, 0.1) is 23.7 Å². The Bertz CT molecular complexity index is 451. The van der Waals surface area contributed by atoms with Crippen molar-refractivity contribution in [3.63, 3.8) is 0 Å². The minimum absolute atomic E-state index is 0.218. The van der Waals surface area contributed by atoms with E-state index in [1.54, 1.807) is 0 Å². The number of hydrogen-bond acceptors (Lipinski definition) is 6. The first-order chi connectivity index (χ1) is 12.8. The molecule has 0 amide bonds. The fraction of sp³-hybridized carbons (Fsp3) is 0.909.